The Morgan fingerprint density at radius 3 is 2.59 bits per heavy atom. The van der Waals surface area contributed by atoms with Gasteiger partial charge in [-0.05, 0) is 42.5 Å². The van der Waals surface area contributed by atoms with Crippen LogP contribution in [0.25, 0.3) is 22.3 Å². The van der Waals surface area contributed by atoms with Crippen molar-refractivity contribution >= 4 is 16.9 Å². The first-order chi connectivity index (χ1) is 15.8. The Morgan fingerprint density at radius 2 is 1.81 bits per heavy atom. The molecule has 0 radical (unpaired) electrons. The fourth-order valence-electron chi connectivity index (χ4n) is 4.21. The van der Waals surface area contributed by atoms with Crippen molar-refractivity contribution in [1.82, 2.24) is 20.3 Å². The summed E-state index contributed by atoms with van der Waals surface area (Å²) in [4.78, 5) is 12.4. The number of H-pyrrole nitrogens is 1. The van der Waals surface area contributed by atoms with Crippen LogP contribution in [0.5, 0.6) is 0 Å². The van der Waals surface area contributed by atoms with Gasteiger partial charge in [0.15, 0.2) is 0 Å². The molecular formula is C26H29N5O. The molecule has 1 aliphatic heterocycles. The molecule has 0 aliphatic carbocycles. The van der Waals surface area contributed by atoms with E-state index in [1.165, 1.54) is 11.1 Å². The van der Waals surface area contributed by atoms with Gasteiger partial charge in [-0.25, -0.2) is 9.97 Å². The molecule has 3 heterocycles. The van der Waals surface area contributed by atoms with E-state index in [2.05, 4.69) is 87.1 Å². The van der Waals surface area contributed by atoms with Gasteiger partial charge in [-0.3, -0.25) is 0 Å². The number of benzene rings is 2. The van der Waals surface area contributed by atoms with Crippen LogP contribution in [0.3, 0.4) is 0 Å². The van der Waals surface area contributed by atoms with Crippen LogP contribution in [0, 0.1) is 0 Å². The van der Waals surface area contributed by atoms with E-state index in [9.17, 15) is 0 Å². The lowest BCUT2D eigenvalue weighted by Crippen LogP contribution is -2.34. The first kappa shape index (κ1) is 20.7. The summed E-state index contributed by atoms with van der Waals surface area (Å²) in [5.41, 5.74) is 5.53. The van der Waals surface area contributed by atoms with Crippen molar-refractivity contribution in [1.29, 1.82) is 0 Å². The van der Waals surface area contributed by atoms with Crippen molar-refractivity contribution in [2.24, 2.45) is 0 Å². The number of hydrogen-bond donors (Lipinski definition) is 3. The summed E-state index contributed by atoms with van der Waals surface area (Å²) >= 11 is 0. The van der Waals surface area contributed by atoms with Crippen molar-refractivity contribution in [2.45, 2.75) is 38.4 Å². The van der Waals surface area contributed by atoms with Gasteiger partial charge in [0.05, 0.1) is 5.39 Å². The summed E-state index contributed by atoms with van der Waals surface area (Å²) in [6, 6.07) is 21.9. The van der Waals surface area contributed by atoms with E-state index >= 15 is 0 Å². The molecule has 6 nitrogen and oxygen atoms in total. The van der Waals surface area contributed by atoms with Gasteiger partial charge in [-0.15, -0.1) is 0 Å². The lowest BCUT2D eigenvalue weighted by atomic mass is 10.1. The molecule has 4 aromatic rings. The van der Waals surface area contributed by atoms with Gasteiger partial charge in [-0.2, -0.15) is 0 Å². The molecule has 0 spiro atoms. The Bertz CT molecular complexity index is 1150. The van der Waals surface area contributed by atoms with E-state index in [1.54, 1.807) is 6.33 Å². The van der Waals surface area contributed by atoms with E-state index < -0.39 is 0 Å². The van der Waals surface area contributed by atoms with Gasteiger partial charge in [0.2, 0.25) is 0 Å². The zero-order valence-electron chi connectivity index (χ0n) is 18.3. The van der Waals surface area contributed by atoms with Crippen LogP contribution in [-0.2, 0) is 11.3 Å². The maximum Gasteiger partial charge on any atom is 0.143 e. The topological polar surface area (TPSA) is 74.9 Å². The summed E-state index contributed by atoms with van der Waals surface area (Å²) < 4.78 is 5.44. The van der Waals surface area contributed by atoms with E-state index in [0.29, 0.717) is 6.04 Å². The summed E-state index contributed by atoms with van der Waals surface area (Å²) in [5.74, 6) is 0.839. The second kappa shape index (κ2) is 9.51. The van der Waals surface area contributed by atoms with E-state index in [4.69, 9.17) is 4.74 Å². The average molecular weight is 428 g/mol. The van der Waals surface area contributed by atoms with Crippen LogP contribution in [0.1, 0.15) is 36.9 Å². The standard InChI is InChI=1S/C26H29N5O/c1-18(20-5-3-2-4-6-20)30-25-23-15-24(31-26(23)29-17-28-25)21-9-7-19(8-10-21)16-27-22-11-13-32-14-12-22/h2-10,15,17-18,22,27H,11-14,16H2,1H3,(H2,28,29,30,31)/t18-/m1/s1. The lowest BCUT2D eigenvalue weighted by molar-refractivity contribution is 0.0776. The predicted molar refractivity (Wildman–Crippen MR) is 128 cm³/mol. The molecule has 6 heteroatoms. The van der Waals surface area contributed by atoms with E-state index in [-0.39, 0.29) is 6.04 Å². The number of nitrogens with zero attached hydrogens (tertiary/aromatic N) is 2. The Labute approximate surface area is 188 Å². The number of anilines is 1. The zero-order chi connectivity index (χ0) is 21.8. The summed E-state index contributed by atoms with van der Waals surface area (Å²) in [6.45, 7) is 4.75. The smallest absolute Gasteiger partial charge is 0.143 e. The molecule has 1 aliphatic rings. The van der Waals surface area contributed by atoms with Crippen LogP contribution in [-0.4, -0.2) is 34.2 Å². The maximum atomic E-state index is 5.44. The second-order valence-corrected chi connectivity index (χ2v) is 8.41. The molecule has 0 saturated carbocycles. The molecule has 1 saturated heterocycles. The third kappa shape index (κ3) is 4.66. The Balaban J connectivity index is 1.31. The monoisotopic (exact) mass is 427 g/mol. The number of aromatic nitrogens is 3. The molecule has 5 rings (SSSR count). The highest BCUT2D eigenvalue weighted by Crippen LogP contribution is 2.29. The molecule has 2 aromatic heterocycles. The third-order valence-corrected chi connectivity index (χ3v) is 6.16. The van der Waals surface area contributed by atoms with Crippen LogP contribution in [0.2, 0.25) is 0 Å². The second-order valence-electron chi connectivity index (χ2n) is 8.41. The lowest BCUT2D eigenvalue weighted by Gasteiger charge is -2.23. The molecule has 2 aromatic carbocycles. The molecule has 1 atom stereocenters. The highest BCUT2D eigenvalue weighted by Gasteiger charge is 2.14. The molecule has 0 bridgehead atoms. The van der Waals surface area contributed by atoms with Crippen LogP contribution >= 0.6 is 0 Å². The zero-order valence-corrected chi connectivity index (χ0v) is 18.3. The Hall–Kier alpha value is -3.22. The molecule has 0 unspecified atom stereocenters. The van der Waals surface area contributed by atoms with E-state index in [1.807, 2.05) is 6.07 Å². The minimum Gasteiger partial charge on any atom is -0.381 e. The van der Waals surface area contributed by atoms with Crippen molar-refractivity contribution in [3.63, 3.8) is 0 Å². The minimum atomic E-state index is 0.148. The molecular weight excluding hydrogens is 398 g/mol. The van der Waals surface area contributed by atoms with Crippen molar-refractivity contribution in [2.75, 3.05) is 18.5 Å². The molecule has 0 amide bonds. The third-order valence-electron chi connectivity index (χ3n) is 6.16. The number of nitrogens with one attached hydrogen (secondary N) is 3. The summed E-state index contributed by atoms with van der Waals surface area (Å²) in [6.07, 6.45) is 3.79. The molecule has 164 valence electrons. The van der Waals surface area contributed by atoms with E-state index in [0.717, 1.165) is 60.7 Å². The number of ether oxygens (including phenoxy) is 1. The first-order valence-electron chi connectivity index (χ1n) is 11.3. The van der Waals surface area contributed by atoms with Gasteiger partial charge in [0.25, 0.3) is 0 Å². The average Bonchev–Trinajstić information content (AvgIpc) is 3.30. The predicted octanol–water partition coefficient (Wildman–Crippen LogP) is 5.07. The van der Waals surface area contributed by atoms with Crippen molar-refractivity contribution < 1.29 is 4.74 Å². The largest absolute Gasteiger partial charge is 0.381 e. The highest BCUT2D eigenvalue weighted by molar-refractivity contribution is 5.91. The van der Waals surface area contributed by atoms with Gasteiger partial charge < -0.3 is 20.4 Å². The van der Waals surface area contributed by atoms with Gasteiger partial charge >= 0.3 is 0 Å². The number of rotatable bonds is 7. The summed E-state index contributed by atoms with van der Waals surface area (Å²) in [5, 5.41) is 8.17. The molecule has 1 fully saturated rings. The maximum absolute atomic E-state index is 5.44. The Morgan fingerprint density at radius 1 is 1.03 bits per heavy atom. The number of aromatic amines is 1. The number of fused-ring (bicyclic) bond motifs is 1. The number of hydrogen-bond acceptors (Lipinski definition) is 5. The first-order valence-corrected chi connectivity index (χ1v) is 11.3. The van der Waals surface area contributed by atoms with Crippen LogP contribution in [0.15, 0.2) is 67.0 Å². The van der Waals surface area contributed by atoms with Gasteiger partial charge in [0, 0.05) is 37.5 Å². The fourth-order valence-corrected chi connectivity index (χ4v) is 4.21. The van der Waals surface area contributed by atoms with Crippen molar-refractivity contribution in [3.05, 3.63) is 78.1 Å². The molecule has 32 heavy (non-hydrogen) atoms. The quantitative estimate of drug-likeness (QED) is 0.384. The fraction of sp³-hybridized carbons (Fsp3) is 0.308. The summed E-state index contributed by atoms with van der Waals surface area (Å²) in [7, 11) is 0. The van der Waals surface area contributed by atoms with Gasteiger partial charge in [0.1, 0.15) is 17.8 Å². The van der Waals surface area contributed by atoms with Crippen molar-refractivity contribution in [3.8, 4) is 11.3 Å². The van der Waals surface area contributed by atoms with Crippen LogP contribution in [0.4, 0.5) is 5.82 Å². The highest BCUT2D eigenvalue weighted by atomic mass is 16.5. The normalized spacial score (nSPS) is 15.7. The minimum absolute atomic E-state index is 0.148. The SMILES string of the molecule is C[C@@H](Nc1ncnc2[nH]c(-c3ccc(CNC4CCOCC4)cc3)cc12)c1ccccc1. The van der Waals surface area contributed by atoms with Gasteiger partial charge in [-0.1, -0.05) is 54.6 Å². The molecule has 3 N–H and O–H groups in total. The van der Waals surface area contributed by atoms with Crippen LogP contribution < -0.4 is 10.6 Å². The Kier molecular flexibility index (Phi) is 6.14.